The van der Waals surface area contributed by atoms with Crippen LogP contribution in [0.2, 0.25) is 5.02 Å². The van der Waals surface area contributed by atoms with Crippen LogP contribution in [0.15, 0.2) is 42.0 Å². The molecule has 2 N–H and O–H groups in total. The van der Waals surface area contributed by atoms with Crippen molar-refractivity contribution >= 4 is 23.6 Å². The molecule has 0 spiro atoms. The fraction of sp³-hybridized carbons (Fsp3) is 0.200. The van der Waals surface area contributed by atoms with E-state index in [2.05, 4.69) is 0 Å². The fourth-order valence-electron chi connectivity index (χ4n) is 2.32. The van der Waals surface area contributed by atoms with Gasteiger partial charge in [-0.05, 0) is 48.7 Å². The zero-order valence-corrected chi connectivity index (χ0v) is 15.3. The number of carbonyl (C=O) groups excluding carboxylic acids is 1. The summed E-state index contributed by atoms with van der Waals surface area (Å²) in [6.07, 6.45) is 1.36. The van der Waals surface area contributed by atoms with Gasteiger partial charge in [0.1, 0.15) is 18.2 Å². The average molecular weight is 371 g/mol. The van der Waals surface area contributed by atoms with Crippen molar-refractivity contribution in [1.82, 2.24) is 0 Å². The summed E-state index contributed by atoms with van der Waals surface area (Å²) in [5.74, 6) is 0.0366. The molecule has 2 rings (SSSR count). The summed E-state index contributed by atoms with van der Waals surface area (Å²) >= 11 is 6.35. The molecule has 0 radical (unpaired) electrons. The molecule has 0 atom stereocenters. The van der Waals surface area contributed by atoms with Crippen LogP contribution in [0, 0.1) is 18.3 Å². The Morgan fingerprint density at radius 1 is 1.31 bits per heavy atom. The fourth-order valence-corrected chi connectivity index (χ4v) is 2.60. The summed E-state index contributed by atoms with van der Waals surface area (Å²) in [4.78, 5) is 11.2. The van der Waals surface area contributed by atoms with Crippen LogP contribution < -0.4 is 15.2 Å². The quantitative estimate of drug-likeness (QED) is 0.589. The first kappa shape index (κ1) is 19.4. The molecular weight excluding hydrogens is 352 g/mol. The van der Waals surface area contributed by atoms with Crippen molar-refractivity contribution < 1.29 is 14.3 Å². The van der Waals surface area contributed by atoms with Crippen molar-refractivity contribution in [1.29, 1.82) is 5.26 Å². The van der Waals surface area contributed by atoms with E-state index in [-0.39, 0.29) is 5.57 Å². The lowest BCUT2D eigenvalue weighted by Crippen LogP contribution is -2.12. The highest BCUT2D eigenvalue weighted by atomic mass is 35.5. The minimum atomic E-state index is -0.804. The van der Waals surface area contributed by atoms with Gasteiger partial charge in [0.25, 0.3) is 5.91 Å². The van der Waals surface area contributed by atoms with Crippen LogP contribution in [0.5, 0.6) is 11.5 Å². The third-order valence-electron chi connectivity index (χ3n) is 3.66. The lowest BCUT2D eigenvalue weighted by molar-refractivity contribution is -0.114. The first-order chi connectivity index (χ1) is 12.5. The molecule has 0 heterocycles. The molecule has 26 heavy (non-hydrogen) atoms. The van der Waals surface area contributed by atoms with Gasteiger partial charge in [-0.25, -0.2) is 0 Å². The Labute approximate surface area is 157 Å². The van der Waals surface area contributed by atoms with Crippen molar-refractivity contribution in [2.24, 2.45) is 5.73 Å². The summed E-state index contributed by atoms with van der Waals surface area (Å²) in [5, 5.41) is 9.30. The van der Waals surface area contributed by atoms with Crippen molar-refractivity contribution in [2.75, 3.05) is 6.61 Å². The van der Waals surface area contributed by atoms with E-state index in [1.165, 1.54) is 6.08 Å². The Hall–Kier alpha value is -2.97. The van der Waals surface area contributed by atoms with Crippen LogP contribution in [0.3, 0.4) is 0 Å². The number of ether oxygens (including phenoxy) is 2. The number of hydrogen-bond acceptors (Lipinski definition) is 4. The van der Waals surface area contributed by atoms with Crippen molar-refractivity contribution in [3.8, 4) is 17.6 Å². The van der Waals surface area contributed by atoms with Gasteiger partial charge in [-0.1, -0.05) is 35.9 Å². The minimum Gasteiger partial charge on any atom is -0.490 e. The third-order valence-corrected chi connectivity index (χ3v) is 3.94. The Morgan fingerprint density at radius 3 is 2.65 bits per heavy atom. The molecule has 0 fully saturated rings. The second-order valence-electron chi connectivity index (χ2n) is 5.51. The van der Waals surface area contributed by atoms with Gasteiger partial charge in [0.2, 0.25) is 0 Å². The van der Waals surface area contributed by atoms with Gasteiger partial charge in [0.15, 0.2) is 11.5 Å². The summed E-state index contributed by atoms with van der Waals surface area (Å²) in [6, 6.07) is 12.9. The Bertz CT molecular complexity index is 885. The number of nitrogens with zero attached hydrogens (tertiary/aromatic N) is 1. The molecule has 0 bridgehead atoms. The highest BCUT2D eigenvalue weighted by Crippen LogP contribution is 2.38. The van der Waals surface area contributed by atoms with E-state index in [1.54, 1.807) is 18.2 Å². The number of carbonyl (C=O) groups is 1. The number of halogens is 1. The van der Waals surface area contributed by atoms with E-state index in [4.69, 9.17) is 32.1 Å². The first-order valence-corrected chi connectivity index (χ1v) is 8.39. The monoisotopic (exact) mass is 370 g/mol. The van der Waals surface area contributed by atoms with Crippen LogP contribution in [-0.2, 0) is 11.4 Å². The maximum absolute atomic E-state index is 11.2. The van der Waals surface area contributed by atoms with Gasteiger partial charge in [-0.2, -0.15) is 5.26 Å². The average Bonchev–Trinajstić information content (AvgIpc) is 2.60. The summed E-state index contributed by atoms with van der Waals surface area (Å²) in [6.45, 7) is 4.59. The lowest BCUT2D eigenvalue weighted by Gasteiger charge is -2.15. The number of benzene rings is 2. The van der Waals surface area contributed by atoms with Gasteiger partial charge in [0.05, 0.1) is 11.6 Å². The second kappa shape index (κ2) is 8.93. The van der Waals surface area contributed by atoms with Crippen LogP contribution in [0.4, 0.5) is 0 Å². The topological polar surface area (TPSA) is 85.3 Å². The number of aryl methyl sites for hydroxylation is 1. The van der Waals surface area contributed by atoms with Crippen molar-refractivity contribution in [2.45, 2.75) is 20.5 Å². The molecule has 0 saturated heterocycles. The van der Waals surface area contributed by atoms with Crippen LogP contribution in [0.1, 0.15) is 23.6 Å². The van der Waals surface area contributed by atoms with E-state index in [0.29, 0.717) is 35.3 Å². The maximum atomic E-state index is 11.2. The van der Waals surface area contributed by atoms with Gasteiger partial charge >= 0.3 is 0 Å². The van der Waals surface area contributed by atoms with Crippen LogP contribution >= 0.6 is 11.6 Å². The molecule has 0 unspecified atom stereocenters. The molecule has 5 nitrogen and oxygen atoms in total. The molecule has 0 saturated carbocycles. The van der Waals surface area contributed by atoms with E-state index in [0.717, 1.165) is 11.1 Å². The van der Waals surface area contributed by atoms with Gasteiger partial charge < -0.3 is 15.2 Å². The number of primary amides is 1. The smallest absolute Gasteiger partial charge is 0.259 e. The van der Waals surface area contributed by atoms with Crippen molar-refractivity contribution in [3.05, 3.63) is 63.7 Å². The molecular formula is C20H19ClN2O3. The highest BCUT2D eigenvalue weighted by molar-refractivity contribution is 6.32. The molecule has 0 aliphatic rings. The largest absolute Gasteiger partial charge is 0.490 e. The number of hydrogen-bond donors (Lipinski definition) is 1. The number of nitriles is 1. The van der Waals surface area contributed by atoms with Crippen molar-refractivity contribution in [3.63, 3.8) is 0 Å². The van der Waals surface area contributed by atoms with E-state index < -0.39 is 5.91 Å². The Kier molecular flexibility index (Phi) is 6.65. The van der Waals surface area contributed by atoms with E-state index >= 15 is 0 Å². The highest BCUT2D eigenvalue weighted by Gasteiger charge is 2.14. The van der Waals surface area contributed by atoms with Gasteiger partial charge in [-0.3, -0.25) is 4.79 Å². The van der Waals surface area contributed by atoms with Gasteiger partial charge in [0, 0.05) is 0 Å². The molecule has 2 aromatic carbocycles. The summed E-state index contributed by atoms with van der Waals surface area (Å²) < 4.78 is 11.5. The normalized spacial score (nSPS) is 10.9. The zero-order valence-electron chi connectivity index (χ0n) is 14.6. The zero-order chi connectivity index (χ0) is 19.1. The molecule has 0 aliphatic carbocycles. The molecule has 0 aliphatic heterocycles. The van der Waals surface area contributed by atoms with Gasteiger partial charge in [-0.15, -0.1) is 0 Å². The molecule has 1 amide bonds. The number of rotatable bonds is 7. The Morgan fingerprint density at radius 2 is 2.04 bits per heavy atom. The Balaban J connectivity index is 2.36. The molecule has 134 valence electrons. The molecule has 0 aromatic heterocycles. The van der Waals surface area contributed by atoms with Crippen LogP contribution in [-0.4, -0.2) is 12.5 Å². The third kappa shape index (κ3) is 4.78. The number of nitrogens with two attached hydrogens (primary N) is 1. The molecule has 6 heteroatoms. The number of amides is 1. The standard InChI is InChI=1S/C20H19ClN2O3/c1-3-25-18-10-14(8-16(11-22)20(23)24)9-17(21)19(18)26-12-15-7-5-4-6-13(15)2/h4-10H,3,12H2,1-2H3,(H2,23,24)/b16-8+. The summed E-state index contributed by atoms with van der Waals surface area (Å²) in [5.41, 5.74) is 7.67. The minimum absolute atomic E-state index is 0.169. The second-order valence-corrected chi connectivity index (χ2v) is 5.92. The maximum Gasteiger partial charge on any atom is 0.259 e. The molecule has 2 aromatic rings. The predicted molar refractivity (Wildman–Crippen MR) is 101 cm³/mol. The lowest BCUT2D eigenvalue weighted by atomic mass is 10.1. The van der Waals surface area contributed by atoms with Crippen LogP contribution in [0.25, 0.3) is 6.08 Å². The van der Waals surface area contributed by atoms with E-state index in [9.17, 15) is 4.79 Å². The van der Waals surface area contributed by atoms with E-state index in [1.807, 2.05) is 38.1 Å². The summed E-state index contributed by atoms with van der Waals surface area (Å²) in [7, 11) is 0. The predicted octanol–water partition coefficient (Wildman–Crippen LogP) is 4.02. The first-order valence-electron chi connectivity index (χ1n) is 8.01. The SMILES string of the molecule is CCOc1cc(/C=C(\C#N)C(N)=O)cc(Cl)c1OCc1ccccc1C.